The molecule has 1 aliphatic carbocycles. The van der Waals surface area contributed by atoms with Gasteiger partial charge in [0.25, 0.3) is 0 Å². The summed E-state index contributed by atoms with van der Waals surface area (Å²) in [6.07, 6.45) is 13.7. The van der Waals surface area contributed by atoms with E-state index in [0.717, 1.165) is 5.92 Å². The number of rotatable bonds is 5. The van der Waals surface area contributed by atoms with Gasteiger partial charge in [-0.25, -0.2) is 0 Å². The second kappa shape index (κ2) is 5.18. The number of hydrogen-bond donors (Lipinski definition) is 0. The van der Waals surface area contributed by atoms with Crippen LogP contribution in [-0.4, -0.2) is 0 Å². The summed E-state index contributed by atoms with van der Waals surface area (Å²) >= 11 is 0. The Morgan fingerprint density at radius 1 is 1.25 bits per heavy atom. The van der Waals surface area contributed by atoms with Gasteiger partial charge in [0.15, 0.2) is 0 Å². The van der Waals surface area contributed by atoms with Crippen LogP contribution in [0.1, 0.15) is 46.0 Å². The van der Waals surface area contributed by atoms with Crippen molar-refractivity contribution < 1.29 is 0 Å². The topological polar surface area (TPSA) is 0 Å². The zero-order valence-corrected chi connectivity index (χ0v) is 8.34. The lowest BCUT2D eigenvalue weighted by Gasteiger charge is -2.00. The molecule has 0 fully saturated rings. The van der Waals surface area contributed by atoms with Gasteiger partial charge in [-0.2, -0.15) is 0 Å². The lowest BCUT2D eigenvalue weighted by molar-refractivity contribution is 0.693. The van der Waals surface area contributed by atoms with E-state index < -0.39 is 0 Å². The molecule has 1 unspecified atom stereocenters. The molecule has 0 spiro atoms. The molecule has 0 radical (unpaired) electrons. The van der Waals surface area contributed by atoms with Crippen LogP contribution in [-0.2, 0) is 0 Å². The van der Waals surface area contributed by atoms with Crippen molar-refractivity contribution >= 4 is 0 Å². The van der Waals surface area contributed by atoms with Crippen LogP contribution in [0.15, 0.2) is 23.8 Å². The highest BCUT2D eigenvalue weighted by molar-refractivity contribution is 5.28. The van der Waals surface area contributed by atoms with E-state index in [1.165, 1.54) is 32.1 Å². The number of allylic oxidation sites excluding steroid dienone is 4. The van der Waals surface area contributed by atoms with Crippen LogP contribution < -0.4 is 0 Å². The minimum Gasteiger partial charge on any atom is -0.0773 e. The molecular formula is C12H20. The van der Waals surface area contributed by atoms with Gasteiger partial charge in [0.1, 0.15) is 0 Å². The Balaban J connectivity index is 2.29. The minimum absolute atomic E-state index is 0.752. The zero-order chi connectivity index (χ0) is 8.81. The molecule has 1 rings (SSSR count). The Hall–Kier alpha value is -0.520. The van der Waals surface area contributed by atoms with Crippen LogP contribution >= 0.6 is 0 Å². The van der Waals surface area contributed by atoms with Crippen molar-refractivity contribution in [2.24, 2.45) is 5.92 Å². The first-order valence-corrected chi connectivity index (χ1v) is 5.25. The molecule has 0 N–H and O–H groups in total. The van der Waals surface area contributed by atoms with Crippen LogP contribution in [0.2, 0.25) is 0 Å². The van der Waals surface area contributed by atoms with E-state index in [-0.39, 0.29) is 0 Å². The number of hydrogen-bond acceptors (Lipinski definition) is 0. The third-order valence-electron chi connectivity index (χ3n) is 2.43. The van der Waals surface area contributed by atoms with Crippen LogP contribution in [0, 0.1) is 5.92 Å². The van der Waals surface area contributed by atoms with Gasteiger partial charge < -0.3 is 0 Å². The molecule has 0 bridgehead atoms. The summed E-state index contributed by atoms with van der Waals surface area (Å²) in [6.45, 7) is 4.51. The molecule has 0 heterocycles. The highest BCUT2D eigenvalue weighted by Gasteiger charge is 2.07. The van der Waals surface area contributed by atoms with Crippen LogP contribution in [0.3, 0.4) is 0 Å². The summed E-state index contributed by atoms with van der Waals surface area (Å²) < 4.78 is 0. The van der Waals surface area contributed by atoms with Crippen LogP contribution in [0.4, 0.5) is 0 Å². The summed E-state index contributed by atoms with van der Waals surface area (Å²) in [5.74, 6) is 0.752. The van der Waals surface area contributed by atoms with Gasteiger partial charge in [0.05, 0.1) is 0 Å². The van der Waals surface area contributed by atoms with Gasteiger partial charge in [-0.15, -0.1) is 0 Å². The molecule has 0 aromatic carbocycles. The molecule has 0 aliphatic heterocycles. The minimum atomic E-state index is 0.752. The smallest absolute Gasteiger partial charge is 0.00446 e. The molecular weight excluding hydrogens is 144 g/mol. The highest BCUT2D eigenvalue weighted by atomic mass is 14.1. The zero-order valence-electron chi connectivity index (χ0n) is 8.34. The Kier molecular flexibility index (Phi) is 4.13. The van der Waals surface area contributed by atoms with E-state index in [0.29, 0.717) is 0 Å². The lowest BCUT2D eigenvalue weighted by atomic mass is 10.0. The molecule has 1 atom stereocenters. The first-order valence-electron chi connectivity index (χ1n) is 5.25. The van der Waals surface area contributed by atoms with Crippen molar-refractivity contribution in [1.29, 1.82) is 0 Å². The SMILES string of the molecule is CCCCC1=CC(CCC)C=C1. The fourth-order valence-corrected chi connectivity index (χ4v) is 1.69. The maximum Gasteiger partial charge on any atom is -0.00446 e. The maximum atomic E-state index is 2.44. The predicted molar refractivity (Wildman–Crippen MR) is 55.1 cm³/mol. The van der Waals surface area contributed by atoms with E-state index >= 15 is 0 Å². The first-order chi connectivity index (χ1) is 5.86. The molecule has 0 aromatic rings. The second-order valence-corrected chi connectivity index (χ2v) is 3.66. The standard InChI is InChI=1S/C12H20/c1-3-5-7-12-9-8-11(10-12)6-4-2/h8-11H,3-7H2,1-2H3. The molecule has 1 aliphatic rings. The largest absolute Gasteiger partial charge is 0.0773 e. The van der Waals surface area contributed by atoms with Gasteiger partial charge in [-0.05, 0) is 25.2 Å². The molecule has 0 heteroatoms. The maximum absolute atomic E-state index is 2.44. The normalized spacial score (nSPS) is 21.5. The van der Waals surface area contributed by atoms with Gasteiger partial charge in [-0.1, -0.05) is 50.5 Å². The fourth-order valence-electron chi connectivity index (χ4n) is 1.69. The van der Waals surface area contributed by atoms with Gasteiger partial charge in [-0.3, -0.25) is 0 Å². The Bertz CT molecular complexity index is 174. The lowest BCUT2D eigenvalue weighted by Crippen LogP contribution is -1.86. The van der Waals surface area contributed by atoms with Crippen molar-refractivity contribution in [2.45, 2.75) is 46.0 Å². The third-order valence-corrected chi connectivity index (χ3v) is 2.43. The molecule has 0 amide bonds. The fraction of sp³-hybridized carbons (Fsp3) is 0.667. The average Bonchev–Trinajstić information content (AvgIpc) is 2.50. The molecule has 0 aromatic heterocycles. The van der Waals surface area contributed by atoms with Crippen LogP contribution in [0.25, 0.3) is 0 Å². The third kappa shape index (κ3) is 2.84. The highest BCUT2D eigenvalue weighted by Crippen LogP contribution is 2.23. The van der Waals surface area contributed by atoms with Crippen molar-refractivity contribution in [2.75, 3.05) is 0 Å². The van der Waals surface area contributed by atoms with E-state index in [1.807, 2.05) is 0 Å². The molecule has 0 nitrogen and oxygen atoms in total. The summed E-state index contributed by atoms with van der Waals surface area (Å²) in [7, 11) is 0. The van der Waals surface area contributed by atoms with Gasteiger partial charge in [0.2, 0.25) is 0 Å². The summed E-state index contributed by atoms with van der Waals surface area (Å²) in [6, 6.07) is 0. The summed E-state index contributed by atoms with van der Waals surface area (Å²) in [5, 5.41) is 0. The summed E-state index contributed by atoms with van der Waals surface area (Å²) in [4.78, 5) is 0. The molecule has 0 saturated heterocycles. The van der Waals surface area contributed by atoms with Crippen molar-refractivity contribution in [3.63, 3.8) is 0 Å². The van der Waals surface area contributed by atoms with Crippen molar-refractivity contribution in [3.05, 3.63) is 23.8 Å². The Morgan fingerprint density at radius 3 is 2.75 bits per heavy atom. The van der Waals surface area contributed by atoms with Crippen molar-refractivity contribution in [3.8, 4) is 0 Å². The predicted octanol–water partition coefficient (Wildman–Crippen LogP) is 4.09. The number of unbranched alkanes of at least 4 members (excludes halogenated alkanes) is 1. The van der Waals surface area contributed by atoms with E-state index in [9.17, 15) is 0 Å². The van der Waals surface area contributed by atoms with E-state index in [1.54, 1.807) is 5.57 Å². The Morgan fingerprint density at radius 2 is 2.08 bits per heavy atom. The molecule has 68 valence electrons. The molecule has 12 heavy (non-hydrogen) atoms. The second-order valence-electron chi connectivity index (χ2n) is 3.66. The van der Waals surface area contributed by atoms with E-state index in [4.69, 9.17) is 0 Å². The first kappa shape index (κ1) is 9.57. The van der Waals surface area contributed by atoms with E-state index in [2.05, 4.69) is 32.1 Å². The Labute approximate surface area is 76.4 Å². The average molecular weight is 164 g/mol. The van der Waals surface area contributed by atoms with Crippen LogP contribution in [0.5, 0.6) is 0 Å². The quantitative estimate of drug-likeness (QED) is 0.574. The van der Waals surface area contributed by atoms with Gasteiger partial charge in [0, 0.05) is 0 Å². The van der Waals surface area contributed by atoms with Crippen molar-refractivity contribution in [1.82, 2.24) is 0 Å². The molecule has 0 saturated carbocycles. The van der Waals surface area contributed by atoms with Gasteiger partial charge >= 0.3 is 0 Å². The monoisotopic (exact) mass is 164 g/mol. The summed E-state index contributed by atoms with van der Waals surface area (Å²) in [5.41, 5.74) is 1.57.